The van der Waals surface area contributed by atoms with Gasteiger partial charge in [-0.2, -0.15) is 0 Å². The third-order valence-corrected chi connectivity index (χ3v) is 2.63. The Kier molecular flexibility index (Phi) is 3.29. The molecular formula is C12H11BrFNO. The van der Waals surface area contributed by atoms with E-state index in [1.54, 1.807) is 6.07 Å². The van der Waals surface area contributed by atoms with Crippen molar-refractivity contribution in [3.63, 3.8) is 0 Å². The van der Waals surface area contributed by atoms with Gasteiger partial charge in [-0.15, -0.1) is 0 Å². The van der Waals surface area contributed by atoms with E-state index in [2.05, 4.69) is 21.2 Å². The summed E-state index contributed by atoms with van der Waals surface area (Å²) in [7, 11) is 0. The van der Waals surface area contributed by atoms with E-state index in [-0.39, 0.29) is 5.82 Å². The molecule has 0 saturated heterocycles. The summed E-state index contributed by atoms with van der Waals surface area (Å²) in [6, 6.07) is 8.73. The highest BCUT2D eigenvalue weighted by Gasteiger charge is 2.03. The molecular weight excluding hydrogens is 273 g/mol. The fourth-order valence-electron chi connectivity index (χ4n) is 1.39. The Morgan fingerprint density at radius 1 is 1.31 bits per heavy atom. The van der Waals surface area contributed by atoms with Crippen LogP contribution < -0.4 is 5.32 Å². The van der Waals surface area contributed by atoms with Gasteiger partial charge in [0.1, 0.15) is 11.6 Å². The van der Waals surface area contributed by atoms with Gasteiger partial charge in [-0.1, -0.05) is 6.07 Å². The van der Waals surface area contributed by atoms with Crippen molar-refractivity contribution in [2.45, 2.75) is 13.5 Å². The van der Waals surface area contributed by atoms with Gasteiger partial charge in [0, 0.05) is 0 Å². The Labute approximate surface area is 102 Å². The Morgan fingerprint density at radius 3 is 2.75 bits per heavy atom. The van der Waals surface area contributed by atoms with Gasteiger partial charge < -0.3 is 9.73 Å². The number of benzene rings is 1. The molecule has 0 fully saturated rings. The summed E-state index contributed by atoms with van der Waals surface area (Å²) in [4.78, 5) is 0. The predicted octanol–water partition coefficient (Wildman–Crippen LogP) is 4.10. The molecule has 0 bridgehead atoms. The molecule has 1 heterocycles. The molecule has 0 saturated carbocycles. The van der Waals surface area contributed by atoms with Gasteiger partial charge in [0.25, 0.3) is 0 Å². The van der Waals surface area contributed by atoms with Crippen LogP contribution >= 0.6 is 15.9 Å². The van der Waals surface area contributed by atoms with Crippen LogP contribution in [-0.2, 0) is 6.54 Å². The molecule has 4 heteroatoms. The van der Waals surface area contributed by atoms with Crippen molar-refractivity contribution >= 4 is 21.6 Å². The monoisotopic (exact) mass is 283 g/mol. The number of halogens is 2. The topological polar surface area (TPSA) is 25.2 Å². The lowest BCUT2D eigenvalue weighted by Crippen LogP contribution is -2.00. The van der Waals surface area contributed by atoms with Crippen LogP contribution in [0.3, 0.4) is 0 Å². The van der Waals surface area contributed by atoms with E-state index >= 15 is 0 Å². The molecule has 0 unspecified atom stereocenters. The molecule has 1 aromatic carbocycles. The Morgan fingerprint density at radius 2 is 2.12 bits per heavy atom. The average Bonchev–Trinajstić information content (AvgIpc) is 2.63. The normalized spacial score (nSPS) is 10.4. The van der Waals surface area contributed by atoms with Gasteiger partial charge in [-0.05, 0) is 52.7 Å². The van der Waals surface area contributed by atoms with Crippen LogP contribution in [0.25, 0.3) is 0 Å². The Balaban J connectivity index is 2.04. The molecule has 2 nitrogen and oxygen atoms in total. The Hall–Kier alpha value is -1.29. The number of hydrogen-bond donors (Lipinski definition) is 1. The zero-order valence-corrected chi connectivity index (χ0v) is 10.3. The fourth-order valence-corrected chi connectivity index (χ4v) is 1.73. The lowest BCUT2D eigenvalue weighted by atomic mass is 10.2. The summed E-state index contributed by atoms with van der Waals surface area (Å²) in [6.45, 7) is 2.32. The second-order valence-electron chi connectivity index (χ2n) is 3.54. The zero-order valence-electron chi connectivity index (χ0n) is 8.76. The van der Waals surface area contributed by atoms with Crippen LogP contribution in [0.5, 0.6) is 0 Å². The van der Waals surface area contributed by atoms with E-state index in [0.29, 0.717) is 16.9 Å². The first-order chi connectivity index (χ1) is 7.65. The number of nitrogens with one attached hydrogen (secondary N) is 1. The van der Waals surface area contributed by atoms with Gasteiger partial charge in [-0.25, -0.2) is 4.39 Å². The second-order valence-corrected chi connectivity index (χ2v) is 4.32. The number of rotatable bonds is 3. The maximum atomic E-state index is 13.5. The summed E-state index contributed by atoms with van der Waals surface area (Å²) in [5.74, 6) is 0.512. The van der Waals surface area contributed by atoms with Crippen molar-refractivity contribution in [1.82, 2.24) is 0 Å². The van der Waals surface area contributed by atoms with Crippen molar-refractivity contribution in [1.29, 1.82) is 0 Å². The Bertz CT molecular complexity index is 496. The first-order valence-electron chi connectivity index (χ1n) is 4.89. The van der Waals surface area contributed by atoms with Crippen molar-refractivity contribution in [3.8, 4) is 0 Å². The van der Waals surface area contributed by atoms with E-state index in [4.69, 9.17) is 4.42 Å². The molecule has 1 aromatic heterocycles. The highest BCUT2D eigenvalue weighted by molar-refractivity contribution is 9.10. The number of furan rings is 1. The molecule has 2 aromatic rings. The van der Waals surface area contributed by atoms with Crippen LogP contribution in [0.2, 0.25) is 0 Å². The van der Waals surface area contributed by atoms with Crippen molar-refractivity contribution in [2.75, 3.05) is 5.32 Å². The number of aryl methyl sites for hydroxylation is 1. The molecule has 0 aliphatic carbocycles. The third kappa shape index (κ3) is 2.64. The van der Waals surface area contributed by atoms with Crippen molar-refractivity contribution < 1.29 is 8.81 Å². The minimum atomic E-state index is -0.245. The zero-order chi connectivity index (χ0) is 11.5. The molecule has 0 atom stereocenters. The lowest BCUT2D eigenvalue weighted by Gasteiger charge is -2.06. The van der Waals surface area contributed by atoms with Gasteiger partial charge in [0.05, 0.1) is 12.2 Å². The molecule has 2 rings (SSSR count). The average molecular weight is 284 g/mol. The van der Waals surface area contributed by atoms with E-state index in [1.165, 1.54) is 6.07 Å². The van der Waals surface area contributed by atoms with Crippen LogP contribution in [-0.4, -0.2) is 0 Å². The van der Waals surface area contributed by atoms with Crippen LogP contribution in [0.1, 0.15) is 11.3 Å². The molecule has 0 radical (unpaired) electrons. The minimum Gasteiger partial charge on any atom is -0.452 e. The number of hydrogen-bond acceptors (Lipinski definition) is 2. The highest BCUT2D eigenvalue weighted by atomic mass is 79.9. The highest BCUT2D eigenvalue weighted by Crippen LogP contribution is 2.18. The van der Waals surface area contributed by atoms with Crippen molar-refractivity contribution in [3.05, 3.63) is 52.1 Å². The molecule has 0 aliphatic heterocycles. The maximum Gasteiger partial charge on any atom is 0.169 e. The van der Waals surface area contributed by atoms with Gasteiger partial charge in [-0.3, -0.25) is 0 Å². The summed E-state index contributed by atoms with van der Waals surface area (Å²) in [6.07, 6.45) is 0. The first kappa shape index (κ1) is 11.2. The molecule has 0 spiro atoms. The van der Waals surface area contributed by atoms with Crippen LogP contribution in [0, 0.1) is 12.7 Å². The molecule has 0 amide bonds. The van der Waals surface area contributed by atoms with Gasteiger partial charge >= 0.3 is 0 Å². The molecule has 0 aliphatic rings. The summed E-state index contributed by atoms with van der Waals surface area (Å²) < 4.78 is 19.4. The largest absolute Gasteiger partial charge is 0.452 e. The van der Waals surface area contributed by atoms with E-state index < -0.39 is 0 Å². The second kappa shape index (κ2) is 4.70. The molecule has 1 N–H and O–H groups in total. The van der Waals surface area contributed by atoms with Crippen LogP contribution in [0.15, 0.2) is 39.4 Å². The van der Waals surface area contributed by atoms with Crippen molar-refractivity contribution in [2.24, 2.45) is 0 Å². The lowest BCUT2D eigenvalue weighted by molar-refractivity contribution is 0.495. The minimum absolute atomic E-state index is 0.245. The predicted molar refractivity (Wildman–Crippen MR) is 64.9 cm³/mol. The number of anilines is 1. The quantitative estimate of drug-likeness (QED) is 0.917. The first-order valence-corrected chi connectivity index (χ1v) is 5.69. The maximum absolute atomic E-state index is 13.5. The van der Waals surface area contributed by atoms with E-state index in [9.17, 15) is 4.39 Å². The van der Waals surface area contributed by atoms with E-state index in [1.807, 2.05) is 25.1 Å². The van der Waals surface area contributed by atoms with E-state index in [0.717, 1.165) is 11.3 Å². The summed E-state index contributed by atoms with van der Waals surface area (Å²) in [5, 5.41) is 2.98. The fraction of sp³-hybridized carbons (Fsp3) is 0.167. The summed E-state index contributed by atoms with van der Waals surface area (Å²) >= 11 is 3.21. The van der Waals surface area contributed by atoms with Gasteiger partial charge in [0.15, 0.2) is 4.67 Å². The summed E-state index contributed by atoms with van der Waals surface area (Å²) in [5.41, 5.74) is 1.39. The third-order valence-electron chi connectivity index (χ3n) is 2.21. The smallest absolute Gasteiger partial charge is 0.169 e. The van der Waals surface area contributed by atoms with Crippen LogP contribution in [0.4, 0.5) is 10.1 Å². The molecule has 16 heavy (non-hydrogen) atoms. The SMILES string of the molecule is Cc1ccc(NCc2ccc(Br)o2)c(F)c1. The standard InChI is InChI=1S/C12H11BrFNO/c1-8-2-4-11(10(14)6-8)15-7-9-3-5-12(13)16-9/h2-6,15H,7H2,1H3. The van der Waals surface area contributed by atoms with Gasteiger partial charge in [0.2, 0.25) is 0 Å². The molecule has 84 valence electrons.